The number of methoxy groups -OCH3 is 2. The molecule has 4 nitrogen and oxygen atoms in total. The van der Waals surface area contributed by atoms with E-state index in [0.29, 0.717) is 6.01 Å². The van der Waals surface area contributed by atoms with Crippen LogP contribution in [0, 0.1) is 20.8 Å². The van der Waals surface area contributed by atoms with E-state index in [2.05, 4.69) is 16.9 Å². The van der Waals surface area contributed by atoms with Crippen molar-refractivity contribution in [3.8, 4) is 23.0 Å². The molecule has 0 fully saturated rings. The van der Waals surface area contributed by atoms with Gasteiger partial charge in [-0.2, -0.15) is 4.98 Å². The molecule has 0 bridgehead atoms. The third kappa shape index (κ3) is 2.52. The molecule has 100 valence electrons. The maximum absolute atomic E-state index is 5.33. The van der Waals surface area contributed by atoms with Crippen LogP contribution < -0.4 is 9.47 Å². The lowest BCUT2D eigenvalue weighted by molar-refractivity contribution is 0.379. The van der Waals surface area contributed by atoms with Crippen molar-refractivity contribution in [1.29, 1.82) is 0 Å². The maximum Gasteiger partial charge on any atom is 0.316 e. The van der Waals surface area contributed by atoms with Crippen molar-refractivity contribution in [1.82, 2.24) is 9.97 Å². The van der Waals surface area contributed by atoms with E-state index in [1.54, 1.807) is 14.2 Å². The Balaban J connectivity index is 2.59. The number of ether oxygens (including phenoxy) is 2. The van der Waals surface area contributed by atoms with Crippen molar-refractivity contribution in [3.63, 3.8) is 0 Å². The Morgan fingerprint density at radius 1 is 0.895 bits per heavy atom. The number of benzene rings is 1. The zero-order valence-electron chi connectivity index (χ0n) is 11.9. The maximum atomic E-state index is 5.33. The number of rotatable bonds is 3. The molecule has 2 aromatic rings. The van der Waals surface area contributed by atoms with Crippen LogP contribution >= 0.6 is 0 Å². The van der Waals surface area contributed by atoms with Gasteiger partial charge >= 0.3 is 6.01 Å². The average molecular weight is 258 g/mol. The van der Waals surface area contributed by atoms with Gasteiger partial charge in [0.1, 0.15) is 5.75 Å². The van der Waals surface area contributed by atoms with Gasteiger partial charge in [-0.3, -0.25) is 0 Å². The topological polar surface area (TPSA) is 44.2 Å². The molecule has 0 spiro atoms. The number of nitrogens with zero attached hydrogens (tertiary/aromatic N) is 2. The second-order valence-electron chi connectivity index (χ2n) is 4.45. The van der Waals surface area contributed by atoms with E-state index in [4.69, 9.17) is 9.47 Å². The highest BCUT2D eigenvalue weighted by molar-refractivity contribution is 5.67. The van der Waals surface area contributed by atoms with Crippen molar-refractivity contribution in [2.45, 2.75) is 20.8 Å². The van der Waals surface area contributed by atoms with Gasteiger partial charge in [-0.25, -0.2) is 4.98 Å². The molecule has 19 heavy (non-hydrogen) atoms. The van der Waals surface area contributed by atoms with E-state index >= 15 is 0 Å². The Labute approximate surface area is 113 Å². The monoisotopic (exact) mass is 258 g/mol. The molecule has 0 unspecified atom stereocenters. The summed E-state index contributed by atoms with van der Waals surface area (Å²) >= 11 is 0. The number of aryl methyl sites for hydroxylation is 1. The zero-order chi connectivity index (χ0) is 14.0. The lowest BCUT2D eigenvalue weighted by atomic mass is 9.99. The summed E-state index contributed by atoms with van der Waals surface area (Å²) in [5.74, 6) is 0.888. The Kier molecular flexibility index (Phi) is 3.69. The van der Waals surface area contributed by atoms with Crippen molar-refractivity contribution in [2.75, 3.05) is 14.2 Å². The first-order valence-corrected chi connectivity index (χ1v) is 6.11. The van der Waals surface area contributed by atoms with Crippen LogP contribution in [0.2, 0.25) is 0 Å². The Morgan fingerprint density at radius 2 is 1.63 bits per heavy atom. The van der Waals surface area contributed by atoms with Crippen molar-refractivity contribution in [3.05, 3.63) is 35.0 Å². The van der Waals surface area contributed by atoms with Gasteiger partial charge in [0.15, 0.2) is 0 Å². The van der Waals surface area contributed by atoms with Crippen LogP contribution in [-0.2, 0) is 0 Å². The van der Waals surface area contributed by atoms with Crippen LogP contribution in [0.15, 0.2) is 18.2 Å². The quantitative estimate of drug-likeness (QED) is 0.848. The molecule has 1 aromatic heterocycles. The fourth-order valence-electron chi connectivity index (χ4n) is 2.07. The molecule has 1 aromatic carbocycles. The summed E-state index contributed by atoms with van der Waals surface area (Å²) in [7, 11) is 3.25. The number of hydrogen-bond acceptors (Lipinski definition) is 4. The second-order valence-corrected chi connectivity index (χ2v) is 4.45. The molecule has 0 amide bonds. The number of aromatic nitrogens is 2. The third-order valence-electron chi connectivity index (χ3n) is 3.25. The average Bonchev–Trinajstić information content (AvgIpc) is 2.41. The molecule has 0 aliphatic rings. The lowest BCUT2D eigenvalue weighted by Gasteiger charge is -2.13. The van der Waals surface area contributed by atoms with Gasteiger partial charge in [0, 0.05) is 11.3 Å². The van der Waals surface area contributed by atoms with Crippen molar-refractivity contribution in [2.24, 2.45) is 0 Å². The molecule has 0 saturated heterocycles. The summed E-state index contributed by atoms with van der Waals surface area (Å²) < 4.78 is 10.5. The second kappa shape index (κ2) is 5.26. The third-order valence-corrected chi connectivity index (χ3v) is 3.25. The lowest BCUT2D eigenvalue weighted by Crippen LogP contribution is -1.98. The first-order chi connectivity index (χ1) is 9.06. The number of hydrogen-bond donors (Lipinski definition) is 0. The van der Waals surface area contributed by atoms with Gasteiger partial charge < -0.3 is 9.47 Å². The molecule has 0 radical (unpaired) electrons. The summed E-state index contributed by atoms with van der Waals surface area (Å²) in [5.41, 5.74) is 5.10. The molecule has 4 heteroatoms. The normalized spacial score (nSPS) is 10.4. The van der Waals surface area contributed by atoms with Crippen LogP contribution in [0.3, 0.4) is 0 Å². The van der Waals surface area contributed by atoms with Gasteiger partial charge in [0.2, 0.25) is 0 Å². The zero-order valence-corrected chi connectivity index (χ0v) is 11.9. The molecule has 0 N–H and O–H groups in total. The highest BCUT2D eigenvalue weighted by atomic mass is 16.5. The van der Waals surface area contributed by atoms with Crippen LogP contribution in [0.5, 0.6) is 11.8 Å². The SMILES string of the molecule is COc1nc(C)cc(-c2ccc(OC)c(C)c2C)n1. The van der Waals surface area contributed by atoms with Crippen LogP contribution in [-0.4, -0.2) is 24.2 Å². The summed E-state index contributed by atoms with van der Waals surface area (Å²) in [6.45, 7) is 6.04. The first kappa shape index (κ1) is 13.3. The standard InChI is InChI=1S/C15H18N2O2/c1-9-8-13(17-15(16-9)19-5)12-6-7-14(18-4)11(3)10(12)2/h6-8H,1-5H3. The summed E-state index contributed by atoms with van der Waals surface area (Å²) in [6, 6.07) is 6.32. The van der Waals surface area contributed by atoms with Gasteiger partial charge in [-0.15, -0.1) is 0 Å². The molecule has 2 rings (SSSR count). The van der Waals surface area contributed by atoms with E-state index in [9.17, 15) is 0 Å². The van der Waals surface area contributed by atoms with Crippen molar-refractivity contribution < 1.29 is 9.47 Å². The smallest absolute Gasteiger partial charge is 0.316 e. The molecular weight excluding hydrogens is 240 g/mol. The van der Waals surface area contributed by atoms with Crippen LogP contribution in [0.4, 0.5) is 0 Å². The molecule has 0 aliphatic heterocycles. The Morgan fingerprint density at radius 3 is 2.26 bits per heavy atom. The summed E-state index contributed by atoms with van der Waals surface area (Å²) in [6.07, 6.45) is 0. The predicted octanol–water partition coefficient (Wildman–Crippen LogP) is 3.09. The fourth-order valence-corrected chi connectivity index (χ4v) is 2.07. The van der Waals surface area contributed by atoms with Gasteiger partial charge in [-0.05, 0) is 50.1 Å². The fraction of sp³-hybridized carbons (Fsp3) is 0.333. The first-order valence-electron chi connectivity index (χ1n) is 6.11. The van der Waals surface area contributed by atoms with E-state index in [-0.39, 0.29) is 0 Å². The van der Waals surface area contributed by atoms with Crippen LogP contribution in [0.1, 0.15) is 16.8 Å². The van der Waals surface area contributed by atoms with Gasteiger partial charge in [0.25, 0.3) is 0 Å². The summed E-state index contributed by atoms with van der Waals surface area (Å²) in [5, 5.41) is 0. The molecule has 0 saturated carbocycles. The molecular formula is C15H18N2O2. The highest BCUT2D eigenvalue weighted by Crippen LogP contribution is 2.30. The minimum absolute atomic E-state index is 0.392. The predicted molar refractivity (Wildman–Crippen MR) is 74.8 cm³/mol. The summed E-state index contributed by atoms with van der Waals surface area (Å²) in [4.78, 5) is 8.61. The molecule has 0 aliphatic carbocycles. The van der Waals surface area contributed by atoms with Gasteiger partial charge in [-0.1, -0.05) is 0 Å². The molecule has 1 heterocycles. The van der Waals surface area contributed by atoms with E-state index in [1.807, 2.05) is 32.0 Å². The Hall–Kier alpha value is -2.10. The minimum atomic E-state index is 0.392. The highest BCUT2D eigenvalue weighted by Gasteiger charge is 2.11. The van der Waals surface area contributed by atoms with E-state index in [0.717, 1.165) is 33.8 Å². The van der Waals surface area contributed by atoms with Crippen molar-refractivity contribution >= 4 is 0 Å². The van der Waals surface area contributed by atoms with Crippen LogP contribution in [0.25, 0.3) is 11.3 Å². The molecule has 0 atom stereocenters. The Bertz CT molecular complexity index is 609. The van der Waals surface area contributed by atoms with Gasteiger partial charge in [0.05, 0.1) is 19.9 Å². The largest absolute Gasteiger partial charge is 0.496 e. The minimum Gasteiger partial charge on any atom is -0.496 e. The van der Waals surface area contributed by atoms with E-state index in [1.165, 1.54) is 0 Å². The van der Waals surface area contributed by atoms with E-state index < -0.39 is 0 Å².